The topological polar surface area (TPSA) is 54.7 Å². The van der Waals surface area contributed by atoms with Crippen LogP contribution < -0.4 is 4.74 Å². The van der Waals surface area contributed by atoms with Crippen molar-refractivity contribution in [1.82, 2.24) is 9.47 Å². The number of rotatable bonds is 5. The first-order valence-electron chi connectivity index (χ1n) is 9.75. The van der Waals surface area contributed by atoms with Crippen LogP contribution in [0.25, 0.3) is 16.6 Å². The summed E-state index contributed by atoms with van der Waals surface area (Å²) in [5.74, 6) is 1.06. The molecule has 1 fully saturated rings. The fourth-order valence-electron chi connectivity index (χ4n) is 4.38. The van der Waals surface area contributed by atoms with Crippen molar-refractivity contribution in [3.8, 4) is 17.2 Å². The van der Waals surface area contributed by atoms with E-state index >= 15 is 0 Å². The van der Waals surface area contributed by atoms with E-state index in [1.54, 1.807) is 20.1 Å². The predicted molar refractivity (Wildman–Crippen MR) is 111 cm³/mol. The Kier molecular flexibility index (Phi) is 4.85. The zero-order valence-electron chi connectivity index (χ0n) is 16.7. The van der Waals surface area contributed by atoms with Gasteiger partial charge in [-0.15, -0.1) is 0 Å². The van der Waals surface area contributed by atoms with Gasteiger partial charge in [-0.25, -0.2) is 0 Å². The molecule has 4 rings (SSSR count). The van der Waals surface area contributed by atoms with Crippen LogP contribution in [0.2, 0.25) is 0 Å². The Morgan fingerprint density at radius 2 is 1.79 bits per heavy atom. The van der Waals surface area contributed by atoms with Crippen LogP contribution in [0.1, 0.15) is 41.4 Å². The molecule has 28 heavy (non-hydrogen) atoms. The Labute approximate surface area is 165 Å². The monoisotopic (exact) mass is 378 g/mol. The summed E-state index contributed by atoms with van der Waals surface area (Å²) in [5, 5.41) is 11.5. The third kappa shape index (κ3) is 3.06. The Morgan fingerprint density at radius 3 is 2.39 bits per heavy atom. The van der Waals surface area contributed by atoms with E-state index in [0.29, 0.717) is 12.1 Å². The van der Waals surface area contributed by atoms with Crippen LogP contribution in [0.15, 0.2) is 36.4 Å². The van der Waals surface area contributed by atoms with Gasteiger partial charge >= 0.3 is 0 Å². The Hall–Kier alpha value is -2.79. The zero-order valence-corrected chi connectivity index (χ0v) is 16.7. The number of methoxy groups -OCH3 is 1. The maximum Gasteiger partial charge on any atom is 0.162 e. The van der Waals surface area contributed by atoms with Gasteiger partial charge in [0, 0.05) is 34.4 Å². The number of benzene rings is 2. The van der Waals surface area contributed by atoms with Crippen molar-refractivity contribution in [3.63, 3.8) is 0 Å². The average molecular weight is 378 g/mol. The lowest BCUT2D eigenvalue weighted by atomic mass is 10.0. The molecule has 0 unspecified atom stereocenters. The number of carbonyl (C=O) groups excluding carboxylic acids is 1. The fourth-order valence-corrected chi connectivity index (χ4v) is 4.38. The number of likely N-dealkylation sites (tertiary alicyclic amines) is 1. The first kappa shape index (κ1) is 18.6. The predicted octanol–water partition coefficient (Wildman–Crippen LogP) is 4.45. The van der Waals surface area contributed by atoms with E-state index in [4.69, 9.17) is 4.74 Å². The van der Waals surface area contributed by atoms with Gasteiger partial charge in [-0.05, 0) is 76.2 Å². The van der Waals surface area contributed by atoms with E-state index in [2.05, 4.69) is 9.47 Å². The van der Waals surface area contributed by atoms with Crippen LogP contribution in [-0.4, -0.2) is 40.6 Å². The molecule has 5 nitrogen and oxygen atoms in total. The molecule has 0 spiro atoms. The molecule has 0 bridgehead atoms. The quantitative estimate of drug-likeness (QED) is 0.667. The number of aromatic nitrogens is 1. The summed E-state index contributed by atoms with van der Waals surface area (Å²) in [6, 6.07) is 11.5. The number of aromatic hydroxyl groups is 1. The molecule has 2 aromatic carbocycles. The third-order valence-corrected chi connectivity index (χ3v) is 5.72. The van der Waals surface area contributed by atoms with E-state index < -0.39 is 0 Å². The van der Waals surface area contributed by atoms with Gasteiger partial charge in [-0.2, -0.15) is 0 Å². The molecule has 0 atom stereocenters. The number of phenolic OH excluding ortho intramolecular Hbond substituents is 1. The molecule has 1 aliphatic heterocycles. The highest BCUT2D eigenvalue weighted by Crippen LogP contribution is 2.37. The molecule has 3 aromatic rings. The van der Waals surface area contributed by atoms with Crippen LogP contribution in [0.4, 0.5) is 0 Å². The number of hydrogen-bond donors (Lipinski definition) is 1. The number of fused-ring (bicyclic) bond motifs is 1. The first-order valence-corrected chi connectivity index (χ1v) is 9.75. The smallest absolute Gasteiger partial charge is 0.162 e. The minimum Gasteiger partial charge on any atom is -0.508 e. The molecule has 0 aliphatic carbocycles. The molecule has 0 radical (unpaired) electrons. The molecule has 1 aliphatic rings. The van der Waals surface area contributed by atoms with Crippen LogP contribution in [-0.2, 0) is 6.54 Å². The summed E-state index contributed by atoms with van der Waals surface area (Å²) in [5.41, 5.74) is 4.34. The summed E-state index contributed by atoms with van der Waals surface area (Å²) in [4.78, 5) is 14.9. The first-order chi connectivity index (χ1) is 13.5. The van der Waals surface area contributed by atoms with E-state index in [1.807, 2.05) is 37.3 Å². The number of hydrogen-bond acceptors (Lipinski definition) is 4. The largest absolute Gasteiger partial charge is 0.508 e. The van der Waals surface area contributed by atoms with Crippen LogP contribution in [0.5, 0.6) is 11.5 Å². The van der Waals surface area contributed by atoms with Crippen molar-refractivity contribution in [3.05, 3.63) is 53.2 Å². The number of ether oxygens (including phenoxy) is 1. The minimum atomic E-state index is 0.0167. The zero-order chi connectivity index (χ0) is 19.8. The number of nitrogens with zero attached hydrogens (tertiary/aromatic N) is 2. The Balaban J connectivity index is 1.96. The Bertz CT molecular complexity index is 1030. The van der Waals surface area contributed by atoms with E-state index in [1.165, 1.54) is 12.8 Å². The second-order valence-electron chi connectivity index (χ2n) is 7.49. The number of carbonyl (C=O) groups is 1. The summed E-state index contributed by atoms with van der Waals surface area (Å²) in [6.07, 6.45) is 2.37. The standard InChI is InChI=1S/C23H26N2O3/c1-15-22(16(2)26)23-19(14-24-12-4-5-13-24)21(27)11-10-20(23)25(15)17-6-8-18(28-3)9-7-17/h6-11,27H,4-5,12-14H2,1-3H3. The maximum atomic E-state index is 12.6. The average Bonchev–Trinajstić information content (AvgIpc) is 3.29. The normalized spacial score (nSPS) is 14.7. The van der Waals surface area contributed by atoms with Crippen LogP contribution in [0.3, 0.4) is 0 Å². The highest BCUT2D eigenvalue weighted by Gasteiger charge is 2.24. The molecule has 1 N–H and O–H groups in total. The van der Waals surface area contributed by atoms with E-state index in [0.717, 1.165) is 46.7 Å². The van der Waals surface area contributed by atoms with Crippen molar-refractivity contribution >= 4 is 16.7 Å². The van der Waals surface area contributed by atoms with Gasteiger partial charge in [0.1, 0.15) is 11.5 Å². The van der Waals surface area contributed by atoms with Crippen molar-refractivity contribution in [2.45, 2.75) is 33.2 Å². The second kappa shape index (κ2) is 7.32. The second-order valence-corrected chi connectivity index (χ2v) is 7.49. The van der Waals surface area contributed by atoms with Gasteiger partial charge in [0.05, 0.1) is 12.6 Å². The molecule has 5 heteroatoms. The van der Waals surface area contributed by atoms with Crippen molar-refractivity contribution in [2.75, 3.05) is 20.2 Å². The van der Waals surface area contributed by atoms with Gasteiger partial charge in [-0.1, -0.05) is 0 Å². The molecule has 2 heterocycles. The summed E-state index contributed by atoms with van der Waals surface area (Å²) in [7, 11) is 1.65. The SMILES string of the molecule is COc1ccc(-n2c(C)c(C(C)=O)c3c(CN4CCCC4)c(O)ccc32)cc1. The van der Waals surface area contributed by atoms with Crippen LogP contribution in [0, 0.1) is 6.92 Å². The highest BCUT2D eigenvalue weighted by atomic mass is 16.5. The lowest BCUT2D eigenvalue weighted by Crippen LogP contribution is -2.18. The van der Waals surface area contributed by atoms with Gasteiger partial charge in [-0.3, -0.25) is 9.69 Å². The number of phenols is 1. The molecular formula is C23H26N2O3. The van der Waals surface area contributed by atoms with Gasteiger partial charge in [0.25, 0.3) is 0 Å². The molecule has 0 amide bonds. The maximum absolute atomic E-state index is 12.6. The van der Waals surface area contributed by atoms with E-state index in [9.17, 15) is 9.90 Å². The van der Waals surface area contributed by atoms with Gasteiger partial charge < -0.3 is 14.4 Å². The highest BCUT2D eigenvalue weighted by molar-refractivity contribution is 6.10. The summed E-state index contributed by atoms with van der Waals surface area (Å²) >= 11 is 0. The van der Waals surface area contributed by atoms with Gasteiger partial charge in [0.2, 0.25) is 0 Å². The molecule has 0 saturated carbocycles. The Morgan fingerprint density at radius 1 is 1.11 bits per heavy atom. The molecule has 146 valence electrons. The molecule has 1 saturated heterocycles. The number of Topliss-reactive ketones (excluding diaryl/α,β-unsaturated/α-hetero) is 1. The van der Waals surface area contributed by atoms with Crippen molar-refractivity contribution in [2.24, 2.45) is 0 Å². The summed E-state index contributed by atoms with van der Waals surface area (Å²) in [6.45, 7) is 6.30. The van der Waals surface area contributed by atoms with Gasteiger partial charge in [0.15, 0.2) is 5.78 Å². The third-order valence-electron chi connectivity index (χ3n) is 5.72. The lowest BCUT2D eigenvalue weighted by molar-refractivity contribution is 0.101. The molecule has 1 aromatic heterocycles. The van der Waals surface area contributed by atoms with Crippen LogP contribution >= 0.6 is 0 Å². The summed E-state index contributed by atoms with van der Waals surface area (Å²) < 4.78 is 7.37. The minimum absolute atomic E-state index is 0.0167. The fraction of sp³-hybridized carbons (Fsp3) is 0.348. The van der Waals surface area contributed by atoms with E-state index in [-0.39, 0.29) is 11.5 Å². The number of ketones is 1. The molecular weight excluding hydrogens is 352 g/mol. The lowest BCUT2D eigenvalue weighted by Gasteiger charge is -2.17. The van der Waals surface area contributed by atoms with Crippen molar-refractivity contribution < 1.29 is 14.6 Å². The van der Waals surface area contributed by atoms with Crippen molar-refractivity contribution in [1.29, 1.82) is 0 Å².